The Balaban J connectivity index is 2.22. The van der Waals surface area contributed by atoms with Gasteiger partial charge in [0.05, 0.1) is 25.4 Å². The number of carbonyl (C=O) groups excluding carboxylic acids is 1. The number of nitrogens with zero attached hydrogens (tertiary/aromatic N) is 1. The molecule has 0 radical (unpaired) electrons. The zero-order valence-electron chi connectivity index (χ0n) is 8.76. The smallest absolute Gasteiger partial charge is 0.251 e. The van der Waals surface area contributed by atoms with E-state index >= 15 is 0 Å². The second kappa shape index (κ2) is 4.11. The van der Waals surface area contributed by atoms with E-state index in [1.54, 1.807) is 5.01 Å². The molecule has 0 saturated carbocycles. The molecule has 1 aliphatic heterocycles. The van der Waals surface area contributed by atoms with Crippen molar-refractivity contribution in [3.05, 3.63) is 30.3 Å². The fourth-order valence-corrected chi connectivity index (χ4v) is 1.71. The third-order valence-electron chi connectivity index (χ3n) is 2.85. The summed E-state index contributed by atoms with van der Waals surface area (Å²) < 4.78 is 0. The number of para-hydroxylation sites is 1. The number of hydrogen-bond acceptors (Lipinski definition) is 4. The molecule has 0 aliphatic carbocycles. The average molecular weight is 222 g/mol. The van der Waals surface area contributed by atoms with Crippen LogP contribution in [0, 0.1) is 5.41 Å². The van der Waals surface area contributed by atoms with Crippen molar-refractivity contribution < 1.29 is 15.0 Å². The molecule has 1 fully saturated rings. The van der Waals surface area contributed by atoms with Crippen LogP contribution in [0.1, 0.15) is 0 Å². The Bertz CT molecular complexity index is 376. The van der Waals surface area contributed by atoms with Crippen LogP contribution in [0.2, 0.25) is 0 Å². The van der Waals surface area contributed by atoms with E-state index in [9.17, 15) is 15.0 Å². The molecule has 1 aromatic rings. The van der Waals surface area contributed by atoms with Gasteiger partial charge in [0, 0.05) is 0 Å². The van der Waals surface area contributed by atoms with Gasteiger partial charge in [0.15, 0.2) is 0 Å². The number of anilines is 1. The molecule has 2 rings (SSSR count). The Morgan fingerprint density at radius 3 is 2.38 bits per heavy atom. The van der Waals surface area contributed by atoms with Crippen LogP contribution >= 0.6 is 0 Å². The van der Waals surface area contributed by atoms with E-state index in [0.29, 0.717) is 0 Å². The van der Waals surface area contributed by atoms with Crippen molar-refractivity contribution in [3.63, 3.8) is 0 Å². The highest BCUT2D eigenvalue weighted by Gasteiger charge is 2.45. The van der Waals surface area contributed by atoms with Gasteiger partial charge in [-0.1, -0.05) is 18.2 Å². The van der Waals surface area contributed by atoms with E-state index in [4.69, 9.17) is 0 Å². The summed E-state index contributed by atoms with van der Waals surface area (Å²) in [6.07, 6.45) is 0. The van der Waals surface area contributed by atoms with Crippen LogP contribution in [0.3, 0.4) is 0 Å². The Morgan fingerprint density at radius 1 is 1.25 bits per heavy atom. The topological polar surface area (TPSA) is 72.8 Å². The minimum atomic E-state index is -1.10. The lowest BCUT2D eigenvalue weighted by atomic mass is 9.90. The predicted octanol–water partition coefficient (Wildman–Crippen LogP) is -0.491. The Kier molecular flexibility index (Phi) is 2.80. The molecule has 1 aromatic carbocycles. The molecule has 0 aromatic heterocycles. The molecule has 5 heteroatoms. The van der Waals surface area contributed by atoms with Gasteiger partial charge in [-0.05, 0) is 12.1 Å². The normalized spacial score (nSPS) is 18.6. The van der Waals surface area contributed by atoms with Crippen LogP contribution in [0.15, 0.2) is 30.3 Å². The summed E-state index contributed by atoms with van der Waals surface area (Å²) in [6.45, 7) is -0.458. The molecule has 1 amide bonds. The number of hydrazine groups is 1. The van der Waals surface area contributed by atoms with Crippen LogP contribution in [0.25, 0.3) is 0 Å². The van der Waals surface area contributed by atoms with Crippen LogP contribution in [0.4, 0.5) is 5.69 Å². The summed E-state index contributed by atoms with van der Waals surface area (Å²) in [6, 6.07) is 9.31. The first-order valence-corrected chi connectivity index (χ1v) is 5.07. The van der Waals surface area contributed by atoms with Gasteiger partial charge in [-0.3, -0.25) is 15.2 Å². The van der Waals surface area contributed by atoms with Crippen molar-refractivity contribution in [2.45, 2.75) is 0 Å². The van der Waals surface area contributed by atoms with Crippen molar-refractivity contribution in [2.75, 3.05) is 24.8 Å². The summed E-state index contributed by atoms with van der Waals surface area (Å²) in [5.41, 5.74) is 2.37. The SMILES string of the molecule is O=C1NN(c2ccccc2)CC1(CO)CO. The van der Waals surface area contributed by atoms with Gasteiger partial charge < -0.3 is 10.2 Å². The molecule has 1 saturated heterocycles. The molecule has 86 valence electrons. The largest absolute Gasteiger partial charge is 0.395 e. The lowest BCUT2D eigenvalue weighted by Gasteiger charge is -2.21. The molecular formula is C11H14N2O3. The van der Waals surface area contributed by atoms with E-state index in [1.165, 1.54) is 0 Å². The predicted molar refractivity (Wildman–Crippen MR) is 58.5 cm³/mol. The molecule has 0 unspecified atom stereocenters. The summed E-state index contributed by atoms with van der Waals surface area (Å²) in [7, 11) is 0. The summed E-state index contributed by atoms with van der Waals surface area (Å²) in [4.78, 5) is 11.7. The first-order chi connectivity index (χ1) is 7.72. The van der Waals surface area contributed by atoms with Gasteiger partial charge in [0.1, 0.15) is 5.41 Å². The molecule has 0 spiro atoms. The third kappa shape index (κ3) is 1.64. The van der Waals surface area contributed by atoms with Gasteiger partial charge in [-0.2, -0.15) is 0 Å². The highest BCUT2D eigenvalue weighted by atomic mass is 16.3. The maximum Gasteiger partial charge on any atom is 0.251 e. The molecule has 16 heavy (non-hydrogen) atoms. The van der Waals surface area contributed by atoms with E-state index in [1.807, 2.05) is 30.3 Å². The summed E-state index contributed by atoms with van der Waals surface area (Å²) >= 11 is 0. The molecule has 0 atom stereocenters. The number of aliphatic hydroxyl groups is 2. The fraction of sp³-hybridized carbons (Fsp3) is 0.364. The third-order valence-corrected chi connectivity index (χ3v) is 2.85. The molecule has 3 N–H and O–H groups in total. The van der Waals surface area contributed by atoms with Crippen molar-refractivity contribution >= 4 is 11.6 Å². The molecule has 5 nitrogen and oxygen atoms in total. The first kappa shape index (κ1) is 10.9. The maximum absolute atomic E-state index is 11.7. The van der Waals surface area contributed by atoms with E-state index in [0.717, 1.165) is 5.69 Å². The number of aliphatic hydroxyl groups excluding tert-OH is 2. The van der Waals surface area contributed by atoms with E-state index in [-0.39, 0.29) is 25.7 Å². The van der Waals surface area contributed by atoms with Crippen molar-refractivity contribution in [2.24, 2.45) is 5.41 Å². The average Bonchev–Trinajstić information content (AvgIpc) is 2.68. The zero-order chi connectivity index (χ0) is 11.6. The van der Waals surface area contributed by atoms with Gasteiger partial charge in [0.25, 0.3) is 5.91 Å². The van der Waals surface area contributed by atoms with E-state index < -0.39 is 5.41 Å². The Hall–Kier alpha value is -1.59. The molecule has 1 heterocycles. The minimum Gasteiger partial charge on any atom is -0.395 e. The lowest BCUT2D eigenvalue weighted by molar-refractivity contribution is -0.131. The van der Waals surface area contributed by atoms with Gasteiger partial charge in [-0.25, -0.2) is 0 Å². The van der Waals surface area contributed by atoms with E-state index in [2.05, 4.69) is 5.43 Å². The number of rotatable bonds is 3. The van der Waals surface area contributed by atoms with Gasteiger partial charge >= 0.3 is 0 Å². The number of nitrogens with one attached hydrogen (secondary N) is 1. The number of hydrogen-bond donors (Lipinski definition) is 3. The molecule has 0 bridgehead atoms. The van der Waals surface area contributed by atoms with Crippen molar-refractivity contribution in [1.82, 2.24) is 5.43 Å². The van der Waals surface area contributed by atoms with Crippen LogP contribution in [0.5, 0.6) is 0 Å². The minimum absolute atomic E-state index is 0.267. The highest BCUT2D eigenvalue weighted by molar-refractivity contribution is 5.88. The second-order valence-electron chi connectivity index (χ2n) is 3.96. The van der Waals surface area contributed by atoms with Gasteiger partial charge in [0.2, 0.25) is 0 Å². The van der Waals surface area contributed by atoms with Gasteiger partial charge in [-0.15, -0.1) is 0 Å². The van der Waals surface area contributed by atoms with Crippen LogP contribution in [-0.2, 0) is 4.79 Å². The molecular weight excluding hydrogens is 208 g/mol. The number of carbonyl (C=O) groups is 1. The zero-order valence-corrected chi connectivity index (χ0v) is 8.76. The van der Waals surface area contributed by atoms with Crippen molar-refractivity contribution in [3.8, 4) is 0 Å². The van der Waals surface area contributed by atoms with Crippen LogP contribution < -0.4 is 10.4 Å². The Labute approximate surface area is 93.3 Å². The van der Waals surface area contributed by atoms with Crippen LogP contribution in [-0.4, -0.2) is 35.9 Å². The monoisotopic (exact) mass is 222 g/mol. The summed E-state index contributed by atoms with van der Waals surface area (Å²) in [5, 5.41) is 20.0. The standard InChI is InChI=1S/C11H14N2O3/c14-7-11(8-15)6-13(12-10(11)16)9-4-2-1-3-5-9/h1-5,14-15H,6-8H2,(H,12,16). The fourth-order valence-electron chi connectivity index (χ4n) is 1.71. The summed E-state index contributed by atoms with van der Waals surface area (Å²) in [5.74, 6) is -0.346. The van der Waals surface area contributed by atoms with Crippen molar-refractivity contribution in [1.29, 1.82) is 0 Å². The molecule has 1 aliphatic rings. The number of benzene rings is 1. The lowest BCUT2D eigenvalue weighted by Crippen LogP contribution is -2.39. The quantitative estimate of drug-likeness (QED) is 0.645. The first-order valence-electron chi connectivity index (χ1n) is 5.07. The number of amides is 1. The Morgan fingerprint density at radius 2 is 1.88 bits per heavy atom. The maximum atomic E-state index is 11.7. The highest BCUT2D eigenvalue weighted by Crippen LogP contribution is 2.26. The second-order valence-corrected chi connectivity index (χ2v) is 3.96.